The van der Waals surface area contributed by atoms with E-state index in [1.54, 1.807) is 12.1 Å². The average molecular weight is 338 g/mol. The Morgan fingerprint density at radius 3 is 2.30 bits per heavy atom. The van der Waals surface area contributed by atoms with E-state index >= 15 is 0 Å². The Morgan fingerprint density at radius 2 is 1.74 bits per heavy atom. The van der Waals surface area contributed by atoms with Crippen molar-refractivity contribution in [3.05, 3.63) is 29.8 Å². The third-order valence-electron chi connectivity index (χ3n) is 4.87. The van der Waals surface area contributed by atoms with Crippen LogP contribution in [-0.2, 0) is 21.3 Å². The third kappa shape index (κ3) is 3.76. The normalized spacial score (nSPS) is 21.5. The molecule has 23 heavy (non-hydrogen) atoms. The summed E-state index contributed by atoms with van der Waals surface area (Å²) in [4.78, 5) is 2.79. The van der Waals surface area contributed by atoms with E-state index in [-0.39, 0.29) is 0 Å². The van der Waals surface area contributed by atoms with Crippen molar-refractivity contribution < 1.29 is 13.2 Å². The van der Waals surface area contributed by atoms with Crippen molar-refractivity contribution in [1.82, 2.24) is 9.21 Å². The van der Waals surface area contributed by atoms with Crippen LogP contribution in [0.15, 0.2) is 29.2 Å². The number of nitrogens with zero attached hydrogens (tertiary/aromatic N) is 2. The van der Waals surface area contributed by atoms with Gasteiger partial charge in [0, 0.05) is 32.7 Å². The van der Waals surface area contributed by atoms with Crippen molar-refractivity contribution >= 4 is 10.0 Å². The largest absolute Gasteiger partial charge is 0.379 e. The van der Waals surface area contributed by atoms with Gasteiger partial charge in [-0.3, -0.25) is 4.90 Å². The molecule has 0 aliphatic carbocycles. The topological polar surface area (TPSA) is 49.9 Å². The summed E-state index contributed by atoms with van der Waals surface area (Å²) in [6.07, 6.45) is 0. The zero-order valence-corrected chi connectivity index (χ0v) is 14.8. The highest BCUT2D eigenvalue weighted by Gasteiger charge is 2.29. The monoisotopic (exact) mass is 338 g/mol. The summed E-state index contributed by atoms with van der Waals surface area (Å²) in [6.45, 7) is 9.56. The molecular formula is C17H26N2O3S. The highest BCUT2D eigenvalue weighted by molar-refractivity contribution is 7.89. The summed E-state index contributed by atoms with van der Waals surface area (Å²) in [5.74, 6) is 1.54. The Bertz CT molecular complexity index is 616. The van der Waals surface area contributed by atoms with Gasteiger partial charge >= 0.3 is 0 Å². The molecule has 1 aromatic carbocycles. The van der Waals surface area contributed by atoms with Crippen molar-refractivity contribution in [2.75, 3.05) is 39.4 Å². The molecule has 2 saturated heterocycles. The number of hydrogen-bond acceptors (Lipinski definition) is 4. The standard InChI is InChI=1S/C17H26N2O3S/c1-14(2)16-12-18(13-16)11-15-3-5-17(6-4-15)23(20,21)19-7-9-22-10-8-19/h3-6,14,16H,7-13H2,1-2H3. The minimum atomic E-state index is -3.38. The van der Waals surface area contributed by atoms with Gasteiger partial charge in [0.25, 0.3) is 0 Å². The maximum Gasteiger partial charge on any atom is 0.243 e. The number of morpholine rings is 1. The van der Waals surface area contributed by atoms with Gasteiger partial charge in [-0.05, 0) is 29.5 Å². The first-order valence-corrected chi connectivity index (χ1v) is 9.80. The first-order chi connectivity index (χ1) is 11.0. The van der Waals surface area contributed by atoms with Crippen LogP contribution in [0.4, 0.5) is 0 Å². The molecule has 1 aromatic rings. The lowest BCUT2D eigenvalue weighted by molar-refractivity contribution is 0.0614. The molecule has 128 valence electrons. The average Bonchev–Trinajstić information content (AvgIpc) is 2.51. The maximum atomic E-state index is 12.6. The molecule has 6 heteroatoms. The van der Waals surface area contributed by atoms with E-state index in [0.29, 0.717) is 31.2 Å². The molecule has 0 spiro atoms. The lowest BCUT2D eigenvalue weighted by atomic mass is 9.88. The van der Waals surface area contributed by atoms with E-state index < -0.39 is 10.0 Å². The van der Waals surface area contributed by atoms with Crippen LogP contribution in [0.25, 0.3) is 0 Å². The van der Waals surface area contributed by atoms with E-state index in [1.165, 1.54) is 9.87 Å². The molecule has 0 N–H and O–H groups in total. The number of ether oxygens (including phenoxy) is 1. The summed E-state index contributed by atoms with van der Waals surface area (Å²) >= 11 is 0. The van der Waals surface area contributed by atoms with E-state index in [4.69, 9.17) is 4.74 Å². The second-order valence-electron chi connectivity index (χ2n) is 6.86. The molecule has 0 amide bonds. The summed E-state index contributed by atoms with van der Waals surface area (Å²) in [7, 11) is -3.38. The van der Waals surface area contributed by atoms with Gasteiger partial charge in [0.2, 0.25) is 10.0 Å². The lowest BCUT2D eigenvalue weighted by Crippen LogP contribution is -2.48. The molecule has 2 heterocycles. The molecule has 5 nitrogen and oxygen atoms in total. The molecule has 0 radical (unpaired) electrons. The number of likely N-dealkylation sites (tertiary alicyclic amines) is 1. The summed E-state index contributed by atoms with van der Waals surface area (Å²) in [5, 5.41) is 0. The molecule has 0 saturated carbocycles. The molecule has 2 fully saturated rings. The van der Waals surface area contributed by atoms with Crippen molar-refractivity contribution in [2.45, 2.75) is 25.3 Å². The fourth-order valence-electron chi connectivity index (χ4n) is 3.12. The zero-order chi connectivity index (χ0) is 16.4. The Hall–Kier alpha value is -0.950. The fourth-order valence-corrected chi connectivity index (χ4v) is 4.53. The smallest absolute Gasteiger partial charge is 0.243 e. The van der Waals surface area contributed by atoms with Gasteiger partial charge in [-0.2, -0.15) is 4.31 Å². The summed E-state index contributed by atoms with van der Waals surface area (Å²) < 4.78 is 31.9. The van der Waals surface area contributed by atoms with E-state index in [0.717, 1.165) is 31.5 Å². The van der Waals surface area contributed by atoms with Gasteiger partial charge in [0.1, 0.15) is 0 Å². The molecule has 2 aliphatic heterocycles. The number of benzene rings is 1. The highest BCUT2D eigenvalue weighted by atomic mass is 32.2. The van der Waals surface area contributed by atoms with Crippen molar-refractivity contribution in [1.29, 1.82) is 0 Å². The van der Waals surface area contributed by atoms with Gasteiger partial charge in [-0.1, -0.05) is 26.0 Å². The van der Waals surface area contributed by atoms with E-state index in [9.17, 15) is 8.42 Å². The van der Waals surface area contributed by atoms with Crippen LogP contribution in [0.2, 0.25) is 0 Å². The van der Waals surface area contributed by atoms with Crippen molar-refractivity contribution in [3.63, 3.8) is 0 Å². The molecule has 0 atom stereocenters. The predicted octanol–water partition coefficient (Wildman–Crippen LogP) is 1.80. The number of rotatable bonds is 5. The minimum absolute atomic E-state index is 0.381. The SMILES string of the molecule is CC(C)C1CN(Cc2ccc(S(=O)(=O)N3CCOCC3)cc2)C1. The first-order valence-electron chi connectivity index (χ1n) is 8.36. The van der Waals surface area contributed by atoms with Crippen LogP contribution < -0.4 is 0 Å². The van der Waals surface area contributed by atoms with E-state index in [1.807, 2.05) is 12.1 Å². The minimum Gasteiger partial charge on any atom is -0.379 e. The van der Waals surface area contributed by atoms with Crippen LogP contribution in [0, 0.1) is 11.8 Å². The van der Waals surface area contributed by atoms with Crippen LogP contribution in [-0.4, -0.2) is 57.0 Å². The Labute approximate surface area is 139 Å². The predicted molar refractivity (Wildman–Crippen MR) is 89.6 cm³/mol. The highest BCUT2D eigenvalue weighted by Crippen LogP contribution is 2.25. The van der Waals surface area contributed by atoms with E-state index in [2.05, 4.69) is 18.7 Å². The van der Waals surface area contributed by atoms with Gasteiger partial charge < -0.3 is 4.74 Å². The maximum absolute atomic E-state index is 12.6. The van der Waals surface area contributed by atoms with Gasteiger partial charge in [-0.25, -0.2) is 8.42 Å². The lowest BCUT2D eigenvalue weighted by Gasteiger charge is -2.41. The summed E-state index contributed by atoms with van der Waals surface area (Å²) in [5.41, 5.74) is 1.17. The molecule has 0 bridgehead atoms. The molecule has 0 aromatic heterocycles. The second kappa shape index (κ2) is 6.89. The Morgan fingerprint density at radius 1 is 1.13 bits per heavy atom. The number of sulfonamides is 1. The van der Waals surface area contributed by atoms with Gasteiger partial charge in [0.15, 0.2) is 0 Å². The Kier molecular flexibility index (Phi) is 5.06. The molecule has 0 unspecified atom stereocenters. The Balaban J connectivity index is 1.61. The van der Waals surface area contributed by atoms with Gasteiger partial charge in [0.05, 0.1) is 18.1 Å². The molecular weight excluding hydrogens is 312 g/mol. The third-order valence-corrected chi connectivity index (χ3v) is 6.78. The molecule has 3 rings (SSSR count). The van der Waals surface area contributed by atoms with Crippen LogP contribution in [0.3, 0.4) is 0 Å². The van der Waals surface area contributed by atoms with Crippen molar-refractivity contribution in [3.8, 4) is 0 Å². The van der Waals surface area contributed by atoms with Crippen molar-refractivity contribution in [2.24, 2.45) is 11.8 Å². The fraction of sp³-hybridized carbons (Fsp3) is 0.647. The van der Waals surface area contributed by atoms with Crippen LogP contribution >= 0.6 is 0 Å². The van der Waals surface area contributed by atoms with Crippen LogP contribution in [0.5, 0.6) is 0 Å². The van der Waals surface area contributed by atoms with Gasteiger partial charge in [-0.15, -0.1) is 0 Å². The summed E-state index contributed by atoms with van der Waals surface area (Å²) in [6, 6.07) is 7.35. The number of hydrogen-bond donors (Lipinski definition) is 0. The molecule has 2 aliphatic rings. The quantitative estimate of drug-likeness (QED) is 0.821. The second-order valence-corrected chi connectivity index (χ2v) is 8.80. The first kappa shape index (κ1) is 16.9. The van der Waals surface area contributed by atoms with Crippen LogP contribution in [0.1, 0.15) is 19.4 Å². The zero-order valence-electron chi connectivity index (χ0n) is 13.9.